The lowest BCUT2D eigenvalue weighted by Crippen LogP contribution is -2.38. The van der Waals surface area contributed by atoms with Crippen LogP contribution in [0.4, 0.5) is 0 Å². The van der Waals surface area contributed by atoms with Gasteiger partial charge >= 0.3 is 0 Å². The van der Waals surface area contributed by atoms with Crippen LogP contribution in [0.1, 0.15) is 54.7 Å². The zero-order valence-electron chi connectivity index (χ0n) is 15.2. The Morgan fingerprint density at radius 1 is 1.35 bits per heavy atom. The molecule has 1 saturated heterocycles. The van der Waals surface area contributed by atoms with Gasteiger partial charge in [-0.15, -0.1) is 0 Å². The van der Waals surface area contributed by atoms with Crippen molar-refractivity contribution in [1.29, 1.82) is 0 Å². The molecule has 0 radical (unpaired) electrons. The van der Waals surface area contributed by atoms with Gasteiger partial charge in [0.15, 0.2) is 0 Å². The van der Waals surface area contributed by atoms with Gasteiger partial charge in [-0.2, -0.15) is 0 Å². The molecule has 1 fully saturated rings. The van der Waals surface area contributed by atoms with Gasteiger partial charge in [-0.05, 0) is 25.2 Å². The van der Waals surface area contributed by atoms with Crippen LogP contribution in [0.15, 0.2) is 23.0 Å². The summed E-state index contributed by atoms with van der Waals surface area (Å²) in [6.45, 7) is 5.57. The van der Waals surface area contributed by atoms with Gasteiger partial charge in [0, 0.05) is 37.5 Å². The molecular formula is C18H25N5O3. The molecule has 3 heterocycles. The molecular weight excluding hydrogens is 334 g/mol. The van der Waals surface area contributed by atoms with E-state index in [0.29, 0.717) is 24.8 Å². The van der Waals surface area contributed by atoms with E-state index >= 15 is 0 Å². The smallest absolute Gasteiger partial charge is 0.292 e. The standard InChI is InChI=1S/C18H25N5O3/c1-12(2)9-14-10-15(26-21-14)18(25)22-6-3-13(4-7-22)17-20-5-8-23(17)11-16(19)24/h5,8,10,12-13H,3-4,6-7,9,11H2,1-2H3,(H2,19,24). The molecule has 26 heavy (non-hydrogen) atoms. The minimum atomic E-state index is -0.389. The summed E-state index contributed by atoms with van der Waals surface area (Å²) in [5.41, 5.74) is 6.10. The van der Waals surface area contributed by atoms with Crippen molar-refractivity contribution in [1.82, 2.24) is 19.6 Å². The van der Waals surface area contributed by atoms with Crippen LogP contribution in [-0.2, 0) is 17.8 Å². The quantitative estimate of drug-likeness (QED) is 0.842. The monoisotopic (exact) mass is 359 g/mol. The minimum absolute atomic E-state index is 0.119. The largest absolute Gasteiger partial charge is 0.368 e. The molecule has 0 atom stereocenters. The Morgan fingerprint density at radius 3 is 2.73 bits per heavy atom. The lowest BCUT2D eigenvalue weighted by atomic mass is 9.95. The average Bonchev–Trinajstić information content (AvgIpc) is 3.23. The van der Waals surface area contributed by atoms with Crippen LogP contribution < -0.4 is 5.73 Å². The summed E-state index contributed by atoms with van der Waals surface area (Å²) in [5.74, 6) is 1.32. The van der Waals surface area contributed by atoms with Crippen molar-refractivity contribution in [2.24, 2.45) is 11.7 Å². The molecule has 140 valence electrons. The van der Waals surface area contributed by atoms with E-state index < -0.39 is 0 Å². The maximum Gasteiger partial charge on any atom is 0.292 e. The second-order valence-corrected chi connectivity index (χ2v) is 7.23. The summed E-state index contributed by atoms with van der Waals surface area (Å²) in [7, 11) is 0. The van der Waals surface area contributed by atoms with Gasteiger partial charge in [-0.25, -0.2) is 4.98 Å². The highest BCUT2D eigenvalue weighted by molar-refractivity contribution is 5.91. The Bertz CT molecular complexity index is 771. The molecule has 1 aliphatic heterocycles. The third kappa shape index (κ3) is 4.12. The van der Waals surface area contributed by atoms with Crippen molar-refractivity contribution in [2.75, 3.05) is 13.1 Å². The number of aromatic nitrogens is 3. The first-order chi connectivity index (χ1) is 12.4. The van der Waals surface area contributed by atoms with Gasteiger partial charge < -0.3 is 19.7 Å². The first-order valence-corrected chi connectivity index (χ1v) is 8.98. The molecule has 2 N–H and O–H groups in total. The van der Waals surface area contributed by atoms with E-state index in [1.165, 1.54) is 0 Å². The molecule has 0 spiro atoms. The van der Waals surface area contributed by atoms with Crippen molar-refractivity contribution in [3.8, 4) is 0 Å². The maximum atomic E-state index is 12.6. The summed E-state index contributed by atoms with van der Waals surface area (Å²) >= 11 is 0. The first kappa shape index (κ1) is 18.2. The topological polar surface area (TPSA) is 107 Å². The zero-order valence-corrected chi connectivity index (χ0v) is 15.2. The predicted octanol–water partition coefficient (Wildman–Crippen LogP) is 1.57. The highest BCUT2D eigenvalue weighted by Gasteiger charge is 2.28. The summed E-state index contributed by atoms with van der Waals surface area (Å²) in [5, 5.41) is 3.99. The molecule has 8 heteroatoms. The number of likely N-dealkylation sites (tertiary alicyclic amines) is 1. The third-order valence-corrected chi connectivity index (χ3v) is 4.61. The number of rotatable bonds is 6. The second kappa shape index (κ2) is 7.72. The Kier molecular flexibility index (Phi) is 5.39. The molecule has 0 unspecified atom stereocenters. The van der Waals surface area contributed by atoms with E-state index in [4.69, 9.17) is 10.3 Å². The summed E-state index contributed by atoms with van der Waals surface area (Å²) < 4.78 is 7.02. The molecule has 2 amide bonds. The molecule has 3 rings (SSSR count). The van der Waals surface area contributed by atoms with Gasteiger partial charge in [0.2, 0.25) is 11.7 Å². The summed E-state index contributed by atoms with van der Waals surface area (Å²) in [6.07, 6.45) is 5.81. The Balaban J connectivity index is 1.60. The fourth-order valence-corrected chi connectivity index (χ4v) is 3.41. The number of nitrogens with two attached hydrogens (primary N) is 1. The van der Waals surface area contributed by atoms with Crippen LogP contribution in [0.25, 0.3) is 0 Å². The molecule has 8 nitrogen and oxygen atoms in total. The minimum Gasteiger partial charge on any atom is -0.368 e. The van der Waals surface area contributed by atoms with E-state index in [9.17, 15) is 9.59 Å². The Morgan fingerprint density at radius 2 is 2.08 bits per heavy atom. The van der Waals surface area contributed by atoms with Crippen LogP contribution in [0, 0.1) is 5.92 Å². The first-order valence-electron chi connectivity index (χ1n) is 8.98. The number of hydrogen-bond acceptors (Lipinski definition) is 5. The lowest BCUT2D eigenvalue weighted by molar-refractivity contribution is -0.118. The van der Waals surface area contributed by atoms with Crippen molar-refractivity contribution in [3.63, 3.8) is 0 Å². The number of primary amides is 1. The summed E-state index contributed by atoms with van der Waals surface area (Å²) in [4.78, 5) is 30.0. The molecule has 1 aliphatic rings. The SMILES string of the molecule is CC(C)Cc1cc(C(=O)N2CCC(c3nccn3CC(N)=O)CC2)on1. The Labute approximate surface area is 152 Å². The predicted molar refractivity (Wildman–Crippen MR) is 94.3 cm³/mol. The van der Waals surface area contributed by atoms with Crippen LogP contribution in [0.5, 0.6) is 0 Å². The number of amides is 2. The molecule has 0 aromatic carbocycles. The van der Waals surface area contributed by atoms with E-state index in [1.807, 2.05) is 0 Å². The van der Waals surface area contributed by atoms with Gasteiger partial charge in [-0.1, -0.05) is 19.0 Å². The number of carbonyl (C=O) groups excluding carboxylic acids is 2. The van der Waals surface area contributed by atoms with E-state index in [2.05, 4.69) is 24.0 Å². The number of piperidine rings is 1. The second-order valence-electron chi connectivity index (χ2n) is 7.23. The fourth-order valence-electron chi connectivity index (χ4n) is 3.41. The van der Waals surface area contributed by atoms with Gasteiger partial charge in [0.25, 0.3) is 5.91 Å². The molecule has 0 bridgehead atoms. The van der Waals surface area contributed by atoms with Crippen LogP contribution in [0.2, 0.25) is 0 Å². The van der Waals surface area contributed by atoms with Crippen molar-refractivity contribution >= 4 is 11.8 Å². The molecule has 0 saturated carbocycles. The van der Waals surface area contributed by atoms with Crippen LogP contribution >= 0.6 is 0 Å². The zero-order chi connectivity index (χ0) is 18.7. The van der Waals surface area contributed by atoms with Gasteiger partial charge in [-0.3, -0.25) is 9.59 Å². The van der Waals surface area contributed by atoms with Gasteiger partial charge in [0.05, 0.1) is 5.69 Å². The maximum absolute atomic E-state index is 12.6. The van der Waals surface area contributed by atoms with E-state index in [0.717, 1.165) is 30.8 Å². The highest BCUT2D eigenvalue weighted by Crippen LogP contribution is 2.27. The van der Waals surface area contributed by atoms with Crippen molar-refractivity contribution < 1.29 is 14.1 Å². The Hall–Kier alpha value is -2.64. The van der Waals surface area contributed by atoms with Crippen LogP contribution in [-0.4, -0.2) is 44.5 Å². The van der Waals surface area contributed by atoms with E-state index in [1.54, 1.807) is 27.9 Å². The van der Waals surface area contributed by atoms with Crippen molar-refractivity contribution in [2.45, 2.75) is 45.6 Å². The lowest BCUT2D eigenvalue weighted by Gasteiger charge is -2.31. The highest BCUT2D eigenvalue weighted by atomic mass is 16.5. The number of carbonyl (C=O) groups is 2. The molecule has 2 aromatic heterocycles. The third-order valence-electron chi connectivity index (χ3n) is 4.61. The average molecular weight is 359 g/mol. The fraction of sp³-hybridized carbons (Fsp3) is 0.556. The van der Waals surface area contributed by atoms with Crippen LogP contribution in [0.3, 0.4) is 0 Å². The summed E-state index contributed by atoms with van der Waals surface area (Å²) in [6, 6.07) is 1.74. The number of nitrogens with zero attached hydrogens (tertiary/aromatic N) is 4. The molecule has 2 aromatic rings. The van der Waals surface area contributed by atoms with E-state index in [-0.39, 0.29) is 24.3 Å². The number of hydrogen-bond donors (Lipinski definition) is 1. The van der Waals surface area contributed by atoms with Crippen molar-refractivity contribution in [3.05, 3.63) is 35.7 Å². The number of imidazole rings is 1. The van der Waals surface area contributed by atoms with Gasteiger partial charge in [0.1, 0.15) is 12.4 Å². The normalized spacial score (nSPS) is 15.6. The molecule has 0 aliphatic carbocycles.